The van der Waals surface area contributed by atoms with Gasteiger partial charge in [0.15, 0.2) is 5.82 Å². The molecule has 3 rings (SSSR count). The molecular weight excluding hydrogens is 258 g/mol. The Morgan fingerprint density at radius 1 is 1.14 bits per heavy atom. The van der Waals surface area contributed by atoms with Crippen LogP contribution in [0.4, 0.5) is 5.82 Å². The highest BCUT2D eigenvalue weighted by atomic mass is 15.2. The van der Waals surface area contributed by atoms with Crippen molar-refractivity contribution in [1.82, 2.24) is 10.2 Å². The minimum Gasteiger partial charge on any atom is -0.368 e. The fraction of sp³-hybridized carbons (Fsp3) is 0.500. The van der Waals surface area contributed by atoms with Crippen LogP contribution in [0.15, 0.2) is 30.3 Å². The Kier molecular flexibility index (Phi) is 4.59. The minimum atomic E-state index is 0.820. The maximum Gasteiger partial charge on any atom is 0.151 e. The van der Waals surface area contributed by atoms with E-state index in [4.69, 9.17) is 0 Å². The molecule has 0 aliphatic heterocycles. The minimum absolute atomic E-state index is 0.820. The van der Waals surface area contributed by atoms with Crippen LogP contribution in [0.3, 0.4) is 0 Å². The van der Waals surface area contributed by atoms with Crippen molar-refractivity contribution in [3.05, 3.63) is 35.9 Å². The van der Waals surface area contributed by atoms with Crippen molar-refractivity contribution < 1.29 is 0 Å². The molecular formula is C18H25N3. The monoisotopic (exact) mass is 283 g/mol. The molecule has 21 heavy (non-hydrogen) atoms. The van der Waals surface area contributed by atoms with Gasteiger partial charge in [0.2, 0.25) is 0 Å². The number of benzene rings is 1. The second-order valence-corrected chi connectivity index (χ2v) is 6.03. The number of anilines is 1. The molecule has 1 heterocycles. The molecule has 1 aromatic heterocycles. The molecule has 1 fully saturated rings. The highest BCUT2D eigenvalue weighted by Crippen LogP contribution is 2.28. The van der Waals surface area contributed by atoms with E-state index < -0.39 is 0 Å². The first-order chi connectivity index (χ1) is 10.4. The van der Waals surface area contributed by atoms with Crippen LogP contribution in [0, 0.1) is 5.92 Å². The van der Waals surface area contributed by atoms with Crippen molar-refractivity contribution in [3.63, 3.8) is 0 Å². The lowest BCUT2D eigenvalue weighted by Crippen LogP contribution is -2.17. The summed E-state index contributed by atoms with van der Waals surface area (Å²) < 4.78 is 0. The summed E-state index contributed by atoms with van der Waals surface area (Å²) in [6.45, 7) is 3.26. The van der Waals surface area contributed by atoms with Crippen molar-refractivity contribution in [2.24, 2.45) is 5.92 Å². The Balaban J connectivity index is 1.72. The predicted molar refractivity (Wildman–Crippen MR) is 88.5 cm³/mol. The molecule has 2 N–H and O–H groups in total. The first-order valence-corrected chi connectivity index (χ1v) is 8.25. The zero-order valence-electron chi connectivity index (χ0n) is 12.9. The Hall–Kier alpha value is -1.77. The van der Waals surface area contributed by atoms with E-state index in [9.17, 15) is 0 Å². The first kappa shape index (κ1) is 14.2. The zero-order valence-corrected chi connectivity index (χ0v) is 12.9. The van der Waals surface area contributed by atoms with Crippen LogP contribution in [-0.4, -0.2) is 16.7 Å². The van der Waals surface area contributed by atoms with Crippen molar-refractivity contribution in [2.75, 3.05) is 11.9 Å². The number of H-pyrrole nitrogens is 1. The molecule has 0 radical (unpaired) electrons. The standard InChI is InChI=1S/C18H25N3/c1-2-16-17(15-11-7-4-8-12-15)20-21-18(16)19-13-14-9-5-3-6-10-14/h4,7-8,11-12,14H,2-3,5-6,9-10,13H2,1H3,(H2,19,20,21). The quantitative estimate of drug-likeness (QED) is 0.840. The van der Waals surface area contributed by atoms with Gasteiger partial charge in [-0.05, 0) is 30.7 Å². The van der Waals surface area contributed by atoms with Crippen molar-refractivity contribution in [2.45, 2.75) is 45.4 Å². The van der Waals surface area contributed by atoms with Gasteiger partial charge in [0.1, 0.15) is 0 Å². The van der Waals surface area contributed by atoms with E-state index in [1.165, 1.54) is 43.2 Å². The summed E-state index contributed by atoms with van der Waals surface area (Å²) in [5.74, 6) is 1.86. The van der Waals surface area contributed by atoms with Gasteiger partial charge >= 0.3 is 0 Å². The van der Waals surface area contributed by atoms with Crippen molar-refractivity contribution in [3.8, 4) is 11.3 Å². The van der Waals surface area contributed by atoms with Gasteiger partial charge in [0, 0.05) is 12.1 Å². The Labute approximate surface area is 127 Å². The molecule has 112 valence electrons. The van der Waals surface area contributed by atoms with E-state index in [1.54, 1.807) is 0 Å². The third kappa shape index (κ3) is 3.29. The molecule has 1 aliphatic carbocycles. The summed E-state index contributed by atoms with van der Waals surface area (Å²) >= 11 is 0. The maximum atomic E-state index is 4.51. The summed E-state index contributed by atoms with van der Waals surface area (Å²) in [6, 6.07) is 10.5. The molecule has 0 atom stereocenters. The number of nitrogens with one attached hydrogen (secondary N) is 2. The lowest BCUT2D eigenvalue weighted by atomic mass is 9.89. The van der Waals surface area contributed by atoms with Crippen molar-refractivity contribution >= 4 is 5.82 Å². The Morgan fingerprint density at radius 3 is 2.62 bits per heavy atom. The number of aromatic amines is 1. The summed E-state index contributed by atoms with van der Waals surface area (Å²) in [5, 5.41) is 11.3. The summed E-state index contributed by atoms with van der Waals surface area (Å²) in [7, 11) is 0. The average Bonchev–Trinajstić information content (AvgIpc) is 2.97. The normalized spacial score (nSPS) is 16.0. The summed E-state index contributed by atoms with van der Waals surface area (Å²) in [6.07, 6.45) is 7.92. The first-order valence-electron chi connectivity index (χ1n) is 8.25. The van der Waals surface area contributed by atoms with E-state index in [0.717, 1.165) is 30.4 Å². The molecule has 0 spiro atoms. The van der Waals surface area contributed by atoms with Gasteiger partial charge in [-0.2, -0.15) is 5.10 Å². The van der Waals surface area contributed by atoms with Gasteiger partial charge in [-0.15, -0.1) is 0 Å². The Morgan fingerprint density at radius 2 is 1.90 bits per heavy atom. The van der Waals surface area contributed by atoms with Gasteiger partial charge < -0.3 is 5.32 Å². The third-order valence-electron chi connectivity index (χ3n) is 4.57. The van der Waals surface area contributed by atoms with E-state index in [0.29, 0.717) is 0 Å². The number of aromatic nitrogens is 2. The van der Waals surface area contributed by atoms with Crippen molar-refractivity contribution in [1.29, 1.82) is 0 Å². The van der Waals surface area contributed by atoms with Gasteiger partial charge in [0.05, 0.1) is 5.69 Å². The van der Waals surface area contributed by atoms with Gasteiger partial charge in [-0.25, -0.2) is 0 Å². The van der Waals surface area contributed by atoms with Crippen LogP contribution < -0.4 is 5.32 Å². The topological polar surface area (TPSA) is 40.7 Å². The van der Waals surface area contributed by atoms with E-state index in [2.05, 4.69) is 46.7 Å². The second kappa shape index (κ2) is 6.79. The zero-order chi connectivity index (χ0) is 14.5. The van der Waals surface area contributed by atoms with E-state index in [-0.39, 0.29) is 0 Å². The smallest absolute Gasteiger partial charge is 0.151 e. The molecule has 0 unspecified atom stereocenters. The molecule has 3 heteroatoms. The molecule has 1 aliphatic rings. The Bertz CT molecular complexity index is 553. The van der Waals surface area contributed by atoms with E-state index >= 15 is 0 Å². The highest BCUT2D eigenvalue weighted by molar-refractivity contribution is 5.68. The van der Waals surface area contributed by atoms with Gasteiger partial charge in [0.25, 0.3) is 0 Å². The average molecular weight is 283 g/mol. The lowest BCUT2D eigenvalue weighted by molar-refractivity contribution is 0.373. The molecule has 0 amide bonds. The van der Waals surface area contributed by atoms with Gasteiger partial charge in [-0.1, -0.05) is 56.5 Å². The van der Waals surface area contributed by atoms with Crippen LogP contribution in [0.2, 0.25) is 0 Å². The predicted octanol–water partition coefficient (Wildman–Crippen LogP) is 4.63. The summed E-state index contributed by atoms with van der Waals surface area (Å²) in [5.41, 5.74) is 3.67. The summed E-state index contributed by atoms with van der Waals surface area (Å²) in [4.78, 5) is 0. The van der Waals surface area contributed by atoms with Gasteiger partial charge in [-0.3, -0.25) is 5.10 Å². The maximum absolute atomic E-state index is 4.51. The highest BCUT2D eigenvalue weighted by Gasteiger charge is 2.16. The molecule has 1 aromatic carbocycles. The van der Waals surface area contributed by atoms with Crippen LogP contribution in [0.25, 0.3) is 11.3 Å². The number of nitrogens with zero attached hydrogens (tertiary/aromatic N) is 1. The largest absolute Gasteiger partial charge is 0.368 e. The number of hydrogen-bond acceptors (Lipinski definition) is 2. The molecule has 2 aromatic rings. The lowest BCUT2D eigenvalue weighted by Gasteiger charge is -2.21. The van der Waals surface area contributed by atoms with E-state index in [1.807, 2.05) is 6.07 Å². The molecule has 0 bridgehead atoms. The van der Waals surface area contributed by atoms with Crippen LogP contribution >= 0.6 is 0 Å². The molecule has 0 saturated heterocycles. The number of hydrogen-bond donors (Lipinski definition) is 2. The third-order valence-corrected chi connectivity index (χ3v) is 4.57. The molecule has 1 saturated carbocycles. The van der Waals surface area contributed by atoms with Crippen LogP contribution in [0.1, 0.15) is 44.6 Å². The number of rotatable bonds is 5. The van der Waals surface area contributed by atoms with Crippen LogP contribution in [-0.2, 0) is 6.42 Å². The molecule has 3 nitrogen and oxygen atoms in total. The SMILES string of the molecule is CCc1c(NCC2CCCCC2)n[nH]c1-c1ccccc1. The fourth-order valence-corrected chi connectivity index (χ4v) is 3.33. The van der Waals surface area contributed by atoms with Crippen LogP contribution in [0.5, 0.6) is 0 Å². The second-order valence-electron chi connectivity index (χ2n) is 6.03. The fourth-order valence-electron chi connectivity index (χ4n) is 3.33.